The third-order valence-electron chi connectivity index (χ3n) is 6.29. The van der Waals surface area contributed by atoms with Crippen LogP contribution < -0.4 is 4.74 Å². The van der Waals surface area contributed by atoms with Gasteiger partial charge in [0.05, 0.1) is 11.1 Å². The molecule has 0 N–H and O–H groups in total. The zero-order valence-corrected chi connectivity index (χ0v) is 23.5. The van der Waals surface area contributed by atoms with Crippen molar-refractivity contribution in [3.05, 3.63) is 100 Å². The quantitative estimate of drug-likeness (QED) is 0.110. The molecule has 3 aromatic rings. The number of alkyl halides is 6. The largest absolute Gasteiger partial charge is 0.523 e. The standard InChI is InChI=1S/C32H25F11O2/c1-2-3-4-7-19-10-12-22(26(35)14-19)20-11-13-24(29(38)15-20)31(39,40)44-21-16-27(36)23(28(37)17-21)8-5-6-9-25(34)30(18-33)45-32(41,42)43/h9-17,30H,2-4,6-7,18H2,1H3/b25-9+. The van der Waals surface area contributed by atoms with Gasteiger partial charge >= 0.3 is 12.5 Å². The molecule has 0 aliphatic heterocycles. The summed E-state index contributed by atoms with van der Waals surface area (Å²) in [6, 6.07) is 7.33. The molecule has 3 rings (SSSR count). The minimum Gasteiger partial charge on any atom is -0.429 e. The lowest BCUT2D eigenvalue weighted by molar-refractivity contribution is -0.340. The lowest BCUT2D eigenvalue weighted by atomic mass is 9.99. The zero-order valence-electron chi connectivity index (χ0n) is 23.5. The normalized spacial score (nSPS) is 12.9. The molecule has 0 bridgehead atoms. The van der Waals surface area contributed by atoms with Gasteiger partial charge in [-0.2, -0.15) is 8.78 Å². The van der Waals surface area contributed by atoms with Crippen molar-refractivity contribution in [2.24, 2.45) is 0 Å². The van der Waals surface area contributed by atoms with E-state index in [-0.39, 0.29) is 11.1 Å². The number of allylic oxidation sites excluding steroid dienone is 1. The van der Waals surface area contributed by atoms with Crippen LogP contribution in [0.15, 0.2) is 60.4 Å². The lowest BCUT2D eigenvalue weighted by Crippen LogP contribution is -2.26. The van der Waals surface area contributed by atoms with Gasteiger partial charge in [0.25, 0.3) is 0 Å². The first-order valence-corrected chi connectivity index (χ1v) is 13.4. The average molecular weight is 651 g/mol. The molecule has 1 atom stereocenters. The second kappa shape index (κ2) is 15.3. The molecular formula is C32H25F11O2. The van der Waals surface area contributed by atoms with E-state index in [4.69, 9.17) is 0 Å². The topological polar surface area (TPSA) is 18.5 Å². The van der Waals surface area contributed by atoms with Crippen molar-refractivity contribution in [2.75, 3.05) is 6.67 Å². The predicted octanol–water partition coefficient (Wildman–Crippen LogP) is 10.2. The number of unbranched alkanes of at least 4 members (excludes halogenated alkanes) is 2. The summed E-state index contributed by atoms with van der Waals surface area (Å²) >= 11 is 0. The highest BCUT2D eigenvalue weighted by atomic mass is 19.4. The Labute approximate surface area is 251 Å². The Kier molecular flexibility index (Phi) is 12.0. The van der Waals surface area contributed by atoms with Gasteiger partial charge in [0.1, 0.15) is 47.6 Å². The third-order valence-corrected chi connectivity index (χ3v) is 6.29. The van der Waals surface area contributed by atoms with Crippen molar-refractivity contribution in [1.82, 2.24) is 0 Å². The van der Waals surface area contributed by atoms with Gasteiger partial charge in [0, 0.05) is 24.1 Å². The Bertz CT molecular complexity index is 1550. The summed E-state index contributed by atoms with van der Waals surface area (Å²) in [5.74, 6) is -3.97. The van der Waals surface area contributed by atoms with Crippen LogP contribution in [0.1, 0.15) is 49.3 Å². The van der Waals surface area contributed by atoms with Crippen molar-refractivity contribution in [3.8, 4) is 28.7 Å². The number of benzene rings is 3. The summed E-state index contributed by atoms with van der Waals surface area (Å²) in [7, 11) is 0. The Morgan fingerprint density at radius 2 is 1.56 bits per heavy atom. The van der Waals surface area contributed by atoms with Gasteiger partial charge in [-0.05, 0) is 48.2 Å². The fourth-order valence-corrected chi connectivity index (χ4v) is 4.12. The van der Waals surface area contributed by atoms with Crippen LogP contribution in [0, 0.1) is 35.1 Å². The molecule has 0 radical (unpaired) electrons. The maximum absolute atomic E-state index is 14.8. The van der Waals surface area contributed by atoms with E-state index in [1.165, 1.54) is 12.1 Å². The smallest absolute Gasteiger partial charge is 0.429 e. The number of ether oxygens (including phenoxy) is 2. The van der Waals surface area contributed by atoms with E-state index in [2.05, 4.69) is 9.47 Å². The molecule has 0 spiro atoms. The van der Waals surface area contributed by atoms with E-state index < -0.39 is 77.6 Å². The molecule has 242 valence electrons. The van der Waals surface area contributed by atoms with Crippen LogP contribution in [0.4, 0.5) is 48.3 Å². The van der Waals surface area contributed by atoms with E-state index in [0.29, 0.717) is 36.8 Å². The summed E-state index contributed by atoms with van der Waals surface area (Å²) in [4.78, 5) is 0. The molecule has 45 heavy (non-hydrogen) atoms. The number of aryl methyl sites for hydroxylation is 1. The van der Waals surface area contributed by atoms with Gasteiger partial charge < -0.3 is 4.74 Å². The first-order valence-electron chi connectivity index (χ1n) is 13.4. The first-order chi connectivity index (χ1) is 21.1. The Morgan fingerprint density at radius 3 is 2.13 bits per heavy atom. The highest BCUT2D eigenvalue weighted by Crippen LogP contribution is 2.36. The predicted molar refractivity (Wildman–Crippen MR) is 143 cm³/mol. The maximum atomic E-state index is 14.8. The minimum absolute atomic E-state index is 0.0279. The number of hydrogen-bond donors (Lipinski definition) is 0. The van der Waals surface area contributed by atoms with Crippen molar-refractivity contribution >= 4 is 0 Å². The van der Waals surface area contributed by atoms with E-state index in [9.17, 15) is 48.3 Å². The van der Waals surface area contributed by atoms with Crippen LogP contribution in [-0.4, -0.2) is 19.1 Å². The van der Waals surface area contributed by atoms with Gasteiger partial charge in [0.2, 0.25) is 0 Å². The van der Waals surface area contributed by atoms with Gasteiger partial charge in [-0.15, -0.1) is 13.2 Å². The Hall–Kier alpha value is -4.05. The monoisotopic (exact) mass is 650 g/mol. The first kappa shape index (κ1) is 35.4. The van der Waals surface area contributed by atoms with E-state index in [1.54, 1.807) is 6.07 Å². The molecule has 3 aromatic carbocycles. The molecule has 0 amide bonds. The van der Waals surface area contributed by atoms with Crippen LogP contribution in [-0.2, 0) is 17.3 Å². The highest BCUT2D eigenvalue weighted by molar-refractivity contribution is 5.65. The van der Waals surface area contributed by atoms with Gasteiger partial charge in [0.15, 0.2) is 0 Å². The molecule has 2 nitrogen and oxygen atoms in total. The van der Waals surface area contributed by atoms with E-state index in [1.807, 2.05) is 18.8 Å². The lowest BCUT2D eigenvalue weighted by Gasteiger charge is -2.19. The van der Waals surface area contributed by atoms with Crippen molar-refractivity contribution in [1.29, 1.82) is 0 Å². The van der Waals surface area contributed by atoms with Crippen LogP contribution >= 0.6 is 0 Å². The summed E-state index contributed by atoms with van der Waals surface area (Å²) < 4.78 is 159. The Balaban J connectivity index is 1.74. The molecule has 0 aliphatic carbocycles. The maximum Gasteiger partial charge on any atom is 0.523 e. The molecule has 0 fully saturated rings. The zero-order chi connectivity index (χ0) is 33.4. The van der Waals surface area contributed by atoms with Crippen molar-refractivity contribution in [2.45, 2.75) is 57.6 Å². The summed E-state index contributed by atoms with van der Waals surface area (Å²) in [5, 5.41) is 0. The number of halogens is 11. The molecule has 0 aliphatic rings. The molecular weight excluding hydrogens is 625 g/mol. The summed E-state index contributed by atoms with van der Waals surface area (Å²) in [6.45, 7) is 0.165. The third kappa shape index (κ3) is 9.97. The number of rotatable bonds is 12. The van der Waals surface area contributed by atoms with Gasteiger partial charge in [-0.3, -0.25) is 4.74 Å². The van der Waals surface area contributed by atoms with Crippen LogP contribution in [0.3, 0.4) is 0 Å². The number of hydrogen-bond acceptors (Lipinski definition) is 2. The van der Waals surface area contributed by atoms with Crippen LogP contribution in [0.5, 0.6) is 5.75 Å². The minimum atomic E-state index is -5.32. The molecule has 0 saturated carbocycles. The fourth-order valence-electron chi connectivity index (χ4n) is 4.12. The highest BCUT2D eigenvalue weighted by Gasteiger charge is 2.38. The molecule has 1 unspecified atom stereocenters. The second-order valence-corrected chi connectivity index (χ2v) is 9.65. The van der Waals surface area contributed by atoms with E-state index >= 15 is 0 Å². The molecule has 13 heteroatoms. The summed E-state index contributed by atoms with van der Waals surface area (Å²) in [5.41, 5.74) is -1.62. The van der Waals surface area contributed by atoms with Gasteiger partial charge in [-0.25, -0.2) is 26.3 Å². The van der Waals surface area contributed by atoms with E-state index in [0.717, 1.165) is 30.9 Å². The van der Waals surface area contributed by atoms with Crippen molar-refractivity contribution < 1.29 is 57.8 Å². The van der Waals surface area contributed by atoms with Crippen LogP contribution in [0.2, 0.25) is 0 Å². The average Bonchev–Trinajstić information content (AvgIpc) is 2.94. The SMILES string of the molecule is CCCCCc1ccc(-c2ccc(C(F)(F)Oc3cc(F)c(C#CC/C=C(/F)C(CF)OC(F)(F)F)c(F)c3)c(F)c2)c(F)c1. The summed E-state index contributed by atoms with van der Waals surface area (Å²) in [6.07, 6.45) is -9.24. The fraction of sp³-hybridized carbons (Fsp3) is 0.312. The molecule has 0 heterocycles. The molecule has 0 saturated heterocycles. The van der Waals surface area contributed by atoms with Crippen LogP contribution in [0.25, 0.3) is 11.1 Å². The van der Waals surface area contributed by atoms with Crippen molar-refractivity contribution in [3.63, 3.8) is 0 Å². The second-order valence-electron chi connectivity index (χ2n) is 9.65. The Morgan fingerprint density at radius 1 is 0.867 bits per heavy atom. The van der Waals surface area contributed by atoms with Gasteiger partial charge in [-0.1, -0.05) is 49.8 Å². The molecule has 0 aromatic heterocycles.